The maximum absolute atomic E-state index is 12.0. The van der Waals surface area contributed by atoms with Crippen molar-refractivity contribution < 1.29 is 9.59 Å². The number of piperidine rings is 1. The monoisotopic (exact) mass is 388 g/mol. The molecule has 2 rings (SSSR count). The molecule has 0 bridgehead atoms. The molecule has 2 unspecified atom stereocenters. The van der Waals surface area contributed by atoms with Crippen LogP contribution in [-0.2, 0) is 4.79 Å². The zero-order chi connectivity index (χ0) is 17.9. The lowest BCUT2D eigenvalue weighted by Gasteiger charge is -2.28. The van der Waals surface area contributed by atoms with Crippen LogP contribution in [0.15, 0.2) is 0 Å². The minimum atomic E-state index is -0.0373. The van der Waals surface area contributed by atoms with Crippen molar-refractivity contribution in [1.82, 2.24) is 21.3 Å². The fraction of sp³-hybridized carbons (Fsp3) is 0.895. The predicted molar refractivity (Wildman–Crippen MR) is 108 cm³/mol. The van der Waals surface area contributed by atoms with E-state index in [1.807, 2.05) is 0 Å². The number of hydrogen-bond acceptors (Lipinski definition) is 3. The highest BCUT2D eigenvalue weighted by Gasteiger charge is 2.19. The van der Waals surface area contributed by atoms with Gasteiger partial charge in [-0.05, 0) is 52.0 Å². The third-order valence-corrected chi connectivity index (χ3v) is 5.30. The molecule has 1 saturated carbocycles. The lowest BCUT2D eigenvalue weighted by atomic mass is 9.96. The second-order valence-corrected chi connectivity index (χ2v) is 7.69. The van der Waals surface area contributed by atoms with Crippen LogP contribution in [0.4, 0.5) is 4.79 Å². The van der Waals surface area contributed by atoms with Crippen molar-refractivity contribution in [3.05, 3.63) is 0 Å². The number of carbonyl (C=O) groups excluding carboxylic acids is 2. The van der Waals surface area contributed by atoms with Gasteiger partial charge in [0.25, 0.3) is 0 Å². The summed E-state index contributed by atoms with van der Waals surface area (Å²) in [5, 5.41) is 12.5. The first-order valence-corrected chi connectivity index (χ1v) is 10.2. The Morgan fingerprint density at radius 3 is 2.46 bits per heavy atom. The highest BCUT2D eigenvalue weighted by molar-refractivity contribution is 5.85. The van der Waals surface area contributed by atoms with E-state index in [9.17, 15) is 9.59 Å². The topological polar surface area (TPSA) is 82.3 Å². The maximum Gasteiger partial charge on any atom is 0.315 e. The minimum absolute atomic E-state index is 0. The minimum Gasteiger partial charge on any atom is -0.353 e. The molecule has 1 aliphatic heterocycles. The molecule has 0 spiro atoms. The van der Waals surface area contributed by atoms with Gasteiger partial charge in [-0.25, -0.2) is 4.79 Å². The Labute approximate surface area is 164 Å². The van der Waals surface area contributed by atoms with Gasteiger partial charge in [0.05, 0.1) is 0 Å². The molecule has 2 atom stereocenters. The Balaban J connectivity index is 0.00000338. The van der Waals surface area contributed by atoms with Gasteiger partial charge in [-0.15, -0.1) is 12.4 Å². The van der Waals surface area contributed by atoms with Crippen molar-refractivity contribution in [2.75, 3.05) is 13.1 Å². The van der Waals surface area contributed by atoms with Gasteiger partial charge in [0.15, 0.2) is 0 Å². The number of rotatable bonds is 8. The number of carbonyl (C=O) groups is 2. The Kier molecular flexibility index (Phi) is 11.7. The van der Waals surface area contributed by atoms with E-state index in [1.165, 1.54) is 19.3 Å². The standard InChI is InChI=1S/C19H36N4O2.ClH/c1-15-14-17(11-13-20-15)22-18(24)10-6-3-7-12-21-19(25)23-16-8-4-2-5-9-16;/h15-17,20H,2-14H2,1H3,(H,22,24)(H2,21,23,25);1H. The summed E-state index contributed by atoms with van der Waals surface area (Å²) >= 11 is 0. The molecule has 7 heteroatoms. The molecule has 0 aromatic carbocycles. The Morgan fingerprint density at radius 1 is 0.962 bits per heavy atom. The summed E-state index contributed by atoms with van der Waals surface area (Å²) in [6, 6.07) is 1.14. The van der Waals surface area contributed by atoms with Gasteiger partial charge in [0, 0.05) is 31.1 Å². The summed E-state index contributed by atoms with van der Waals surface area (Å²) in [4.78, 5) is 23.8. The van der Waals surface area contributed by atoms with Crippen molar-refractivity contribution in [2.24, 2.45) is 0 Å². The van der Waals surface area contributed by atoms with Gasteiger partial charge >= 0.3 is 6.03 Å². The predicted octanol–water partition coefficient (Wildman–Crippen LogP) is 2.86. The number of unbranched alkanes of at least 4 members (excludes halogenated alkanes) is 2. The average Bonchev–Trinajstić information content (AvgIpc) is 2.59. The van der Waals surface area contributed by atoms with Crippen LogP contribution in [0.1, 0.15) is 77.6 Å². The lowest BCUT2D eigenvalue weighted by Crippen LogP contribution is -2.46. The maximum atomic E-state index is 12.0. The fourth-order valence-corrected chi connectivity index (χ4v) is 3.84. The molecule has 3 amide bonds. The third kappa shape index (κ3) is 9.62. The molecule has 152 valence electrons. The molecule has 4 N–H and O–H groups in total. The number of hydrogen-bond donors (Lipinski definition) is 4. The van der Waals surface area contributed by atoms with Gasteiger partial charge < -0.3 is 21.3 Å². The van der Waals surface area contributed by atoms with Crippen LogP contribution >= 0.6 is 12.4 Å². The van der Waals surface area contributed by atoms with E-state index in [0.717, 1.165) is 51.5 Å². The Morgan fingerprint density at radius 2 is 1.73 bits per heavy atom. The van der Waals surface area contributed by atoms with E-state index < -0.39 is 0 Å². The largest absolute Gasteiger partial charge is 0.353 e. The first-order chi connectivity index (χ1) is 12.1. The molecule has 1 heterocycles. The first kappa shape index (κ1) is 23.0. The van der Waals surface area contributed by atoms with Crippen molar-refractivity contribution in [2.45, 2.75) is 95.7 Å². The van der Waals surface area contributed by atoms with E-state index >= 15 is 0 Å². The molecule has 6 nitrogen and oxygen atoms in total. The van der Waals surface area contributed by atoms with Crippen LogP contribution in [0.3, 0.4) is 0 Å². The number of halogens is 1. The summed E-state index contributed by atoms with van der Waals surface area (Å²) in [5.74, 6) is 0.169. The van der Waals surface area contributed by atoms with E-state index in [1.54, 1.807) is 0 Å². The van der Waals surface area contributed by atoms with Crippen molar-refractivity contribution in [3.8, 4) is 0 Å². The number of urea groups is 1. The Bertz CT molecular complexity index is 416. The zero-order valence-electron chi connectivity index (χ0n) is 16.1. The van der Waals surface area contributed by atoms with E-state index in [4.69, 9.17) is 0 Å². The van der Waals surface area contributed by atoms with Crippen molar-refractivity contribution in [3.63, 3.8) is 0 Å². The van der Waals surface area contributed by atoms with Crippen LogP contribution in [0, 0.1) is 0 Å². The highest BCUT2D eigenvalue weighted by Crippen LogP contribution is 2.17. The molecule has 2 aliphatic rings. The normalized spacial score (nSPS) is 23.6. The van der Waals surface area contributed by atoms with Crippen LogP contribution < -0.4 is 21.3 Å². The van der Waals surface area contributed by atoms with E-state index in [2.05, 4.69) is 28.2 Å². The third-order valence-electron chi connectivity index (χ3n) is 5.30. The molecule has 1 saturated heterocycles. The zero-order valence-corrected chi connectivity index (χ0v) is 17.0. The second-order valence-electron chi connectivity index (χ2n) is 7.69. The lowest BCUT2D eigenvalue weighted by molar-refractivity contribution is -0.122. The Hall–Kier alpha value is -1.01. The molecular weight excluding hydrogens is 352 g/mol. The molecule has 26 heavy (non-hydrogen) atoms. The fourth-order valence-electron chi connectivity index (χ4n) is 3.84. The number of nitrogens with one attached hydrogen (secondary N) is 4. The van der Waals surface area contributed by atoms with Gasteiger partial charge in [0.1, 0.15) is 0 Å². The van der Waals surface area contributed by atoms with E-state index in [-0.39, 0.29) is 24.3 Å². The quantitative estimate of drug-likeness (QED) is 0.482. The molecular formula is C19H37ClN4O2. The summed E-state index contributed by atoms with van der Waals surface area (Å²) in [6.07, 6.45) is 11.4. The average molecular weight is 389 g/mol. The van der Waals surface area contributed by atoms with Crippen LogP contribution in [0.5, 0.6) is 0 Å². The summed E-state index contributed by atoms with van der Waals surface area (Å²) in [6.45, 7) is 3.84. The molecule has 2 fully saturated rings. The van der Waals surface area contributed by atoms with E-state index in [0.29, 0.717) is 31.1 Å². The SMILES string of the molecule is CC1CC(NC(=O)CCCCCNC(=O)NC2CCCCC2)CCN1.Cl. The molecule has 0 radical (unpaired) electrons. The summed E-state index contributed by atoms with van der Waals surface area (Å²) in [7, 11) is 0. The van der Waals surface area contributed by atoms with Crippen LogP contribution in [-0.4, -0.2) is 43.2 Å². The van der Waals surface area contributed by atoms with Gasteiger partial charge in [0.2, 0.25) is 5.91 Å². The van der Waals surface area contributed by atoms with Crippen LogP contribution in [0.25, 0.3) is 0 Å². The second kappa shape index (κ2) is 13.2. The molecule has 0 aromatic rings. The highest BCUT2D eigenvalue weighted by atomic mass is 35.5. The number of amides is 3. The smallest absolute Gasteiger partial charge is 0.315 e. The molecule has 0 aromatic heterocycles. The van der Waals surface area contributed by atoms with Crippen LogP contribution in [0.2, 0.25) is 0 Å². The van der Waals surface area contributed by atoms with Gasteiger partial charge in [-0.2, -0.15) is 0 Å². The summed E-state index contributed by atoms with van der Waals surface area (Å²) in [5.41, 5.74) is 0. The molecule has 1 aliphatic carbocycles. The van der Waals surface area contributed by atoms with Gasteiger partial charge in [-0.3, -0.25) is 4.79 Å². The van der Waals surface area contributed by atoms with Gasteiger partial charge in [-0.1, -0.05) is 25.7 Å². The van der Waals surface area contributed by atoms with Crippen molar-refractivity contribution >= 4 is 24.3 Å². The first-order valence-electron chi connectivity index (χ1n) is 10.2. The summed E-state index contributed by atoms with van der Waals surface area (Å²) < 4.78 is 0. The van der Waals surface area contributed by atoms with Crippen molar-refractivity contribution in [1.29, 1.82) is 0 Å².